The number of aliphatic imine (C=N–C) groups is 1. The second-order valence-corrected chi connectivity index (χ2v) is 4.60. The lowest BCUT2D eigenvalue weighted by Crippen LogP contribution is -2.37. The minimum Gasteiger partial charge on any atom is -0.484 e. The zero-order valence-corrected chi connectivity index (χ0v) is 11.0. The van der Waals surface area contributed by atoms with Crippen molar-refractivity contribution >= 4 is 5.96 Å². The smallest absolute Gasteiger partial charge is 0.422 e. The maximum atomic E-state index is 12.2. The van der Waals surface area contributed by atoms with E-state index >= 15 is 0 Å². The third-order valence-electron chi connectivity index (χ3n) is 2.72. The van der Waals surface area contributed by atoms with Gasteiger partial charge in [-0.1, -0.05) is 18.2 Å². The Labute approximate surface area is 115 Å². The van der Waals surface area contributed by atoms with E-state index in [1.54, 1.807) is 18.2 Å². The van der Waals surface area contributed by atoms with Gasteiger partial charge in [-0.25, -0.2) is 0 Å². The minimum absolute atomic E-state index is 0.226. The Morgan fingerprint density at radius 1 is 1.40 bits per heavy atom. The maximum Gasteiger partial charge on any atom is 0.422 e. The molecular weight excluding hydrogens is 271 g/mol. The van der Waals surface area contributed by atoms with E-state index in [1.807, 2.05) is 6.92 Å². The van der Waals surface area contributed by atoms with Gasteiger partial charge in [-0.3, -0.25) is 4.99 Å². The van der Waals surface area contributed by atoms with Gasteiger partial charge in [0.05, 0.1) is 6.54 Å². The molecule has 1 aliphatic rings. The third kappa shape index (κ3) is 4.32. The lowest BCUT2D eigenvalue weighted by molar-refractivity contribution is -0.153. The van der Waals surface area contributed by atoms with Crippen LogP contribution in [0.5, 0.6) is 5.75 Å². The fraction of sp³-hybridized carbons (Fsp3) is 0.462. The highest BCUT2D eigenvalue weighted by Gasteiger charge is 2.28. The van der Waals surface area contributed by atoms with Gasteiger partial charge in [0.25, 0.3) is 0 Å². The van der Waals surface area contributed by atoms with Crippen LogP contribution < -0.4 is 15.4 Å². The minimum atomic E-state index is -4.34. The first-order valence-electron chi connectivity index (χ1n) is 6.26. The van der Waals surface area contributed by atoms with Gasteiger partial charge in [-0.15, -0.1) is 0 Å². The van der Waals surface area contributed by atoms with Crippen molar-refractivity contribution in [2.75, 3.05) is 13.2 Å². The summed E-state index contributed by atoms with van der Waals surface area (Å²) in [7, 11) is 0. The van der Waals surface area contributed by atoms with Gasteiger partial charge in [-0.2, -0.15) is 13.2 Å². The van der Waals surface area contributed by atoms with Gasteiger partial charge >= 0.3 is 6.18 Å². The molecule has 110 valence electrons. The van der Waals surface area contributed by atoms with Gasteiger partial charge in [0.2, 0.25) is 0 Å². The zero-order chi connectivity index (χ0) is 14.6. The summed E-state index contributed by atoms with van der Waals surface area (Å²) in [6.07, 6.45) is -4.34. The Kier molecular flexibility index (Phi) is 4.36. The summed E-state index contributed by atoms with van der Waals surface area (Å²) in [5, 5.41) is 6.16. The van der Waals surface area contributed by atoms with Gasteiger partial charge < -0.3 is 15.4 Å². The first-order chi connectivity index (χ1) is 9.44. The maximum absolute atomic E-state index is 12.2. The molecule has 0 aliphatic carbocycles. The molecule has 0 saturated carbocycles. The molecule has 1 atom stereocenters. The molecular formula is C13H16F3N3O. The van der Waals surface area contributed by atoms with Crippen LogP contribution in [0.3, 0.4) is 0 Å². The van der Waals surface area contributed by atoms with Crippen LogP contribution in [0.25, 0.3) is 0 Å². The third-order valence-corrected chi connectivity index (χ3v) is 2.72. The number of alkyl halides is 3. The van der Waals surface area contributed by atoms with E-state index in [1.165, 1.54) is 6.07 Å². The monoisotopic (exact) mass is 287 g/mol. The highest BCUT2D eigenvalue weighted by molar-refractivity contribution is 5.81. The second-order valence-electron chi connectivity index (χ2n) is 4.60. The number of halogens is 3. The number of para-hydroxylation sites is 1. The quantitative estimate of drug-likeness (QED) is 0.891. The Morgan fingerprint density at radius 3 is 2.80 bits per heavy atom. The first kappa shape index (κ1) is 14.5. The van der Waals surface area contributed by atoms with E-state index in [9.17, 15) is 13.2 Å². The average Bonchev–Trinajstić information content (AvgIpc) is 2.80. The van der Waals surface area contributed by atoms with Crippen LogP contribution >= 0.6 is 0 Å². The lowest BCUT2D eigenvalue weighted by Gasteiger charge is -2.14. The molecule has 7 heteroatoms. The summed E-state index contributed by atoms with van der Waals surface area (Å²) in [6.45, 7) is 1.75. The summed E-state index contributed by atoms with van der Waals surface area (Å²) in [6, 6.07) is 6.91. The van der Waals surface area contributed by atoms with E-state index < -0.39 is 12.8 Å². The number of ether oxygens (including phenoxy) is 1. The number of benzene rings is 1. The first-order valence-corrected chi connectivity index (χ1v) is 6.26. The molecule has 0 saturated heterocycles. The molecule has 0 spiro atoms. The summed E-state index contributed by atoms with van der Waals surface area (Å²) in [5.74, 6) is 0.882. The van der Waals surface area contributed by atoms with Crippen molar-refractivity contribution in [3.05, 3.63) is 29.8 Å². The van der Waals surface area contributed by atoms with Crippen molar-refractivity contribution in [1.82, 2.24) is 10.6 Å². The van der Waals surface area contributed by atoms with Gasteiger partial charge in [-0.05, 0) is 13.0 Å². The Bertz CT molecular complexity index is 488. The molecule has 1 heterocycles. The number of hydrogen-bond donors (Lipinski definition) is 2. The average molecular weight is 287 g/mol. The van der Waals surface area contributed by atoms with Gasteiger partial charge in [0, 0.05) is 18.2 Å². The molecule has 0 aromatic heterocycles. The zero-order valence-electron chi connectivity index (χ0n) is 11.0. The molecule has 0 amide bonds. The predicted molar refractivity (Wildman–Crippen MR) is 69.7 cm³/mol. The van der Waals surface area contributed by atoms with Crippen molar-refractivity contribution in [2.45, 2.75) is 25.7 Å². The summed E-state index contributed by atoms with van der Waals surface area (Å²) >= 11 is 0. The van der Waals surface area contributed by atoms with Crippen molar-refractivity contribution in [3.63, 3.8) is 0 Å². The van der Waals surface area contributed by atoms with Crippen molar-refractivity contribution in [3.8, 4) is 5.75 Å². The van der Waals surface area contributed by atoms with E-state index in [4.69, 9.17) is 4.74 Å². The van der Waals surface area contributed by atoms with E-state index in [0.717, 1.165) is 0 Å². The fourth-order valence-electron chi connectivity index (χ4n) is 1.79. The largest absolute Gasteiger partial charge is 0.484 e. The molecule has 0 radical (unpaired) electrons. The van der Waals surface area contributed by atoms with Crippen molar-refractivity contribution < 1.29 is 17.9 Å². The van der Waals surface area contributed by atoms with Crippen LogP contribution in [0.2, 0.25) is 0 Å². The summed E-state index contributed by atoms with van der Waals surface area (Å²) in [5.41, 5.74) is 0.654. The molecule has 2 rings (SSSR count). The van der Waals surface area contributed by atoms with Crippen LogP contribution in [-0.4, -0.2) is 31.3 Å². The van der Waals surface area contributed by atoms with Gasteiger partial charge in [0.1, 0.15) is 5.75 Å². The number of guanidine groups is 1. The van der Waals surface area contributed by atoms with E-state index in [2.05, 4.69) is 15.6 Å². The summed E-state index contributed by atoms with van der Waals surface area (Å²) < 4.78 is 41.3. The normalized spacial score (nSPS) is 18.4. The number of hydrogen-bond acceptors (Lipinski definition) is 4. The predicted octanol–water partition coefficient (Wildman–Crippen LogP) is 2.06. The van der Waals surface area contributed by atoms with Crippen molar-refractivity contribution in [2.24, 2.45) is 4.99 Å². The molecule has 1 unspecified atom stereocenters. The van der Waals surface area contributed by atoms with Crippen LogP contribution in [0.1, 0.15) is 12.5 Å². The molecule has 4 nitrogen and oxygen atoms in total. The molecule has 1 aliphatic heterocycles. The molecule has 1 aromatic rings. The molecule has 2 N–H and O–H groups in total. The highest BCUT2D eigenvalue weighted by Crippen LogP contribution is 2.22. The van der Waals surface area contributed by atoms with Crippen molar-refractivity contribution in [1.29, 1.82) is 0 Å². The second kappa shape index (κ2) is 6.02. The van der Waals surface area contributed by atoms with Gasteiger partial charge in [0.15, 0.2) is 12.6 Å². The van der Waals surface area contributed by atoms with Crippen LogP contribution in [0, 0.1) is 0 Å². The Morgan fingerprint density at radius 2 is 2.15 bits per heavy atom. The van der Waals surface area contributed by atoms with E-state index in [0.29, 0.717) is 24.6 Å². The van der Waals surface area contributed by atoms with Crippen LogP contribution in [-0.2, 0) is 6.54 Å². The molecule has 0 bridgehead atoms. The standard InChI is InChI=1S/C13H16F3N3O/c1-9-6-17-12(19-9)18-7-10-4-2-3-5-11(10)20-8-13(14,15)16/h2-5,9H,6-8H2,1H3,(H2,17,18,19). The summed E-state index contributed by atoms with van der Waals surface area (Å²) in [4.78, 5) is 4.22. The van der Waals surface area contributed by atoms with Crippen LogP contribution in [0.15, 0.2) is 29.3 Å². The molecule has 0 fully saturated rings. The topological polar surface area (TPSA) is 45.7 Å². The molecule has 1 aromatic carbocycles. The number of rotatable bonds is 4. The highest BCUT2D eigenvalue weighted by atomic mass is 19.4. The number of nitrogens with zero attached hydrogens (tertiary/aromatic N) is 1. The van der Waals surface area contributed by atoms with E-state index in [-0.39, 0.29) is 11.8 Å². The Hall–Kier alpha value is -1.92. The SMILES string of the molecule is CC1CN=C(NCc2ccccc2OCC(F)(F)F)N1. The number of nitrogens with one attached hydrogen (secondary N) is 2. The molecule has 20 heavy (non-hydrogen) atoms. The lowest BCUT2D eigenvalue weighted by atomic mass is 10.2. The fourth-order valence-corrected chi connectivity index (χ4v) is 1.79. The van der Waals surface area contributed by atoms with Crippen LogP contribution in [0.4, 0.5) is 13.2 Å². The Balaban J connectivity index is 1.94.